The third kappa shape index (κ3) is 5.52. The van der Waals surface area contributed by atoms with Crippen LogP contribution in [0.4, 0.5) is 5.69 Å². The van der Waals surface area contributed by atoms with Crippen molar-refractivity contribution in [2.75, 3.05) is 17.7 Å². The maximum Gasteiger partial charge on any atom is 0.268 e. The van der Waals surface area contributed by atoms with E-state index in [4.69, 9.17) is 19.4 Å². The molecule has 1 aliphatic heterocycles. The lowest BCUT2D eigenvalue weighted by Gasteiger charge is -2.31. The SMILES string of the molecule is CCOc1ccc(NC(=O)CSc2nc3nc4c(cc3c(=O)n2-c2ccccc2)COC(C)(C)C4)cc1. The lowest BCUT2D eigenvalue weighted by Crippen LogP contribution is -2.33. The van der Waals surface area contributed by atoms with Gasteiger partial charge in [-0.15, -0.1) is 0 Å². The first kappa shape index (κ1) is 25.0. The molecule has 4 aromatic rings. The minimum atomic E-state index is -0.330. The summed E-state index contributed by atoms with van der Waals surface area (Å²) in [5, 5.41) is 3.71. The lowest BCUT2D eigenvalue weighted by molar-refractivity contribution is -0.113. The average molecular weight is 517 g/mol. The van der Waals surface area contributed by atoms with E-state index in [1.54, 1.807) is 16.7 Å². The summed E-state index contributed by atoms with van der Waals surface area (Å²) in [5.74, 6) is 0.608. The van der Waals surface area contributed by atoms with E-state index in [9.17, 15) is 9.59 Å². The summed E-state index contributed by atoms with van der Waals surface area (Å²) in [6.45, 7) is 6.94. The van der Waals surface area contributed by atoms with Gasteiger partial charge in [0, 0.05) is 17.7 Å². The number of aromatic nitrogens is 3. The van der Waals surface area contributed by atoms with Gasteiger partial charge in [-0.05, 0) is 63.2 Å². The number of anilines is 1. The maximum absolute atomic E-state index is 13.7. The van der Waals surface area contributed by atoms with E-state index in [1.165, 1.54) is 11.8 Å². The van der Waals surface area contributed by atoms with Crippen molar-refractivity contribution in [1.82, 2.24) is 14.5 Å². The number of fused-ring (bicyclic) bond motifs is 2. The molecule has 5 rings (SSSR count). The van der Waals surface area contributed by atoms with Gasteiger partial charge in [0.05, 0.1) is 41.3 Å². The molecular weight excluding hydrogens is 488 g/mol. The summed E-state index contributed by atoms with van der Waals surface area (Å²) in [5.41, 5.74) is 2.94. The molecule has 0 radical (unpaired) electrons. The third-order valence-corrected chi connectivity index (χ3v) is 6.94. The second kappa shape index (κ2) is 10.4. The molecule has 0 fully saturated rings. The number of pyridine rings is 1. The second-order valence-corrected chi connectivity index (χ2v) is 10.3. The van der Waals surface area contributed by atoms with Crippen LogP contribution in [0.25, 0.3) is 16.7 Å². The van der Waals surface area contributed by atoms with E-state index < -0.39 is 0 Å². The minimum absolute atomic E-state index is 0.0732. The molecule has 0 atom stereocenters. The largest absolute Gasteiger partial charge is 0.494 e. The standard InChI is InChI=1S/C28H28N4O4S/c1-4-35-21-12-10-19(11-13-21)29-24(33)17-37-27-31-25-22(26(34)32(27)20-8-6-5-7-9-20)14-18-16-36-28(2,3)15-23(18)30-25/h5-14H,4,15-17H2,1-3H3,(H,29,33). The van der Waals surface area contributed by atoms with Gasteiger partial charge in [0.15, 0.2) is 10.8 Å². The molecule has 3 heterocycles. The number of hydrogen-bond donors (Lipinski definition) is 1. The molecule has 37 heavy (non-hydrogen) atoms. The van der Waals surface area contributed by atoms with Gasteiger partial charge < -0.3 is 14.8 Å². The zero-order valence-electron chi connectivity index (χ0n) is 21.0. The Morgan fingerprint density at radius 2 is 1.89 bits per heavy atom. The van der Waals surface area contributed by atoms with Gasteiger partial charge in [-0.3, -0.25) is 14.2 Å². The van der Waals surface area contributed by atoms with Gasteiger partial charge in [-0.1, -0.05) is 30.0 Å². The molecule has 0 aliphatic carbocycles. The predicted octanol–water partition coefficient (Wildman–Crippen LogP) is 4.76. The number of benzene rings is 2. The number of amides is 1. The van der Waals surface area contributed by atoms with E-state index in [-0.39, 0.29) is 22.8 Å². The monoisotopic (exact) mass is 516 g/mol. The molecule has 0 spiro atoms. The van der Waals surface area contributed by atoms with Crippen LogP contribution in [0.2, 0.25) is 0 Å². The Hall–Kier alpha value is -3.69. The zero-order valence-corrected chi connectivity index (χ0v) is 21.8. The molecular formula is C28H28N4O4S. The van der Waals surface area contributed by atoms with Crippen molar-refractivity contribution in [3.63, 3.8) is 0 Å². The summed E-state index contributed by atoms with van der Waals surface area (Å²) < 4.78 is 12.9. The van der Waals surface area contributed by atoms with Gasteiger partial charge >= 0.3 is 0 Å². The lowest BCUT2D eigenvalue weighted by atomic mass is 9.95. The quantitative estimate of drug-likeness (QED) is 0.279. The van der Waals surface area contributed by atoms with Crippen molar-refractivity contribution in [3.05, 3.63) is 82.3 Å². The predicted molar refractivity (Wildman–Crippen MR) is 145 cm³/mol. The summed E-state index contributed by atoms with van der Waals surface area (Å²) >= 11 is 1.20. The summed E-state index contributed by atoms with van der Waals surface area (Å²) in [6, 6.07) is 18.3. The third-order valence-electron chi connectivity index (χ3n) is 6.00. The highest BCUT2D eigenvalue weighted by Crippen LogP contribution is 2.29. The van der Waals surface area contributed by atoms with E-state index in [2.05, 4.69) is 5.32 Å². The van der Waals surface area contributed by atoms with Crippen molar-refractivity contribution in [2.24, 2.45) is 0 Å². The van der Waals surface area contributed by atoms with E-state index in [1.807, 2.05) is 69.3 Å². The normalized spacial score (nSPS) is 14.2. The van der Waals surface area contributed by atoms with Crippen LogP contribution in [0.15, 0.2) is 70.6 Å². The van der Waals surface area contributed by atoms with Crippen LogP contribution in [-0.4, -0.2) is 38.4 Å². The number of nitrogens with zero attached hydrogens (tertiary/aromatic N) is 3. The van der Waals surface area contributed by atoms with Crippen LogP contribution >= 0.6 is 11.8 Å². The van der Waals surface area contributed by atoms with Crippen molar-refractivity contribution < 1.29 is 14.3 Å². The summed E-state index contributed by atoms with van der Waals surface area (Å²) in [6.07, 6.45) is 0.634. The Morgan fingerprint density at radius 3 is 2.62 bits per heavy atom. The fraction of sp³-hybridized carbons (Fsp3) is 0.286. The molecule has 9 heteroatoms. The Balaban J connectivity index is 1.46. The highest BCUT2D eigenvalue weighted by atomic mass is 32.2. The molecule has 0 unspecified atom stereocenters. The molecule has 1 N–H and O–H groups in total. The van der Waals surface area contributed by atoms with E-state index in [0.717, 1.165) is 17.0 Å². The number of para-hydroxylation sites is 1. The van der Waals surface area contributed by atoms with E-state index >= 15 is 0 Å². The van der Waals surface area contributed by atoms with Crippen LogP contribution < -0.4 is 15.6 Å². The minimum Gasteiger partial charge on any atom is -0.494 e. The van der Waals surface area contributed by atoms with Crippen LogP contribution in [0.5, 0.6) is 5.75 Å². The number of thioether (sulfide) groups is 1. The number of nitrogens with one attached hydrogen (secondary N) is 1. The van der Waals surface area contributed by atoms with Crippen molar-refractivity contribution in [1.29, 1.82) is 0 Å². The number of rotatable bonds is 7. The average Bonchev–Trinajstić information content (AvgIpc) is 2.88. The molecule has 2 aromatic heterocycles. The number of carbonyl (C=O) groups is 1. The van der Waals surface area contributed by atoms with E-state index in [0.29, 0.717) is 47.2 Å². The first-order valence-electron chi connectivity index (χ1n) is 12.1. The van der Waals surface area contributed by atoms with Gasteiger partial charge in [0.25, 0.3) is 5.56 Å². The molecule has 8 nitrogen and oxygen atoms in total. The number of hydrogen-bond acceptors (Lipinski definition) is 7. The Morgan fingerprint density at radius 1 is 1.14 bits per heavy atom. The molecule has 1 aliphatic rings. The molecule has 2 aromatic carbocycles. The summed E-state index contributed by atoms with van der Waals surface area (Å²) in [7, 11) is 0. The highest BCUT2D eigenvalue weighted by Gasteiger charge is 2.28. The Bertz CT molecular complexity index is 1500. The van der Waals surface area contributed by atoms with Crippen molar-refractivity contribution in [2.45, 2.75) is 44.6 Å². The zero-order chi connectivity index (χ0) is 26.0. The smallest absolute Gasteiger partial charge is 0.268 e. The number of carbonyl (C=O) groups excluding carboxylic acids is 1. The van der Waals surface area contributed by atoms with Gasteiger partial charge in [0.1, 0.15) is 5.75 Å². The van der Waals surface area contributed by atoms with Crippen LogP contribution in [0, 0.1) is 0 Å². The van der Waals surface area contributed by atoms with Crippen LogP contribution in [0.3, 0.4) is 0 Å². The van der Waals surface area contributed by atoms with Gasteiger partial charge in [0.2, 0.25) is 5.91 Å². The molecule has 190 valence electrons. The maximum atomic E-state index is 13.7. The van der Waals surface area contributed by atoms with Crippen molar-refractivity contribution in [3.8, 4) is 11.4 Å². The first-order valence-corrected chi connectivity index (χ1v) is 13.1. The van der Waals surface area contributed by atoms with Crippen LogP contribution in [0.1, 0.15) is 32.0 Å². The number of ether oxygens (including phenoxy) is 2. The first-order chi connectivity index (χ1) is 17.8. The van der Waals surface area contributed by atoms with Crippen molar-refractivity contribution >= 4 is 34.4 Å². The van der Waals surface area contributed by atoms with Crippen LogP contribution in [-0.2, 0) is 22.6 Å². The topological polar surface area (TPSA) is 95.3 Å². The Labute approximate surface area is 219 Å². The molecule has 0 saturated carbocycles. The molecule has 0 bridgehead atoms. The van der Waals surface area contributed by atoms with Gasteiger partial charge in [-0.2, -0.15) is 0 Å². The fourth-order valence-electron chi connectivity index (χ4n) is 4.21. The second-order valence-electron chi connectivity index (χ2n) is 9.36. The Kier molecular flexibility index (Phi) is 6.99. The highest BCUT2D eigenvalue weighted by molar-refractivity contribution is 7.99. The molecule has 1 amide bonds. The van der Waals surface area contributed by atoms with Gasteiger partial charge in [-0.25, -0.2) is 9.97 Å². The fourth-order valence-corrected chi connectivity index (χ4v) is 5.01. The molecule has 0 saturated heterocycles. The summed E-state index contributed by atoms with van der Waals surface area (Å²) in [4.78, 5) is 36.0.